The van der Waals surface area contributed by atoms with Crippen molar-refractivity contribution < 1.29 is 13.9 Å². The summed E-state index contributed by atoms with van der Waals surface area (Å²) in [6.07, 6.45) is 3.44. The standard InChI is InChI=1S/C15H20FNO2/c1-4-14(18)6-5-12-7-13(16)9-15(8-12)19-11(2)10-17-3/h5-9,11,17H,4,10H2,1-3H3/b6-5+/t11-/m1/s1. The molecule has 1 atom stereocenters. The van der Waals surface area contributed by atoms with Gasteiger partial charge in [0.2, 0.25) is 0 Å². The van der Waals surface area contributed by atoms with Crippen molar-refractivity contribution in [3.8, 4) is 5.75 Å². The van der Waals surface area contributed by atoms with Crippen LogP contribution in [0.4, 0.5) is 4.39 Å². The zero-order valence-electron chi connectivity index (χ0n) is 11.6. The normalized spacial score (nSPS) is 12.6. The van der Waals surface area contributed by atoms with E-state index in [0.717, 1.165) is 0 Å². The van der Waals surface area contributed by atoms with Gasteiger partial charge in [-0.3, -0.25) is 4.79 Å². The van der Waals surface area contributed by atoms with Gasteiger partial charge in [-0.2, -0.15) is 0 Å². The molecule has 0 amide bonds. The van der Waals surface area contributed by atoms with Crippen molar-refractivity contribution in [2.75, 3.05) is 13.6 Å². The molecular weight excluding hydrogens is 245 g/mol. The first-order valence-corrected chi connectivity index (χ1v) is 6.38. The van der Waals surface area contributed by atoms with Gasteiger partial charge in [0.15, 0.2) is 5.78 Å². The maximum atomic E-state index is 13.5. The Labute approximate surface area is 113 Å². The van der Waals surface area contributed by atoms with Crippen LogP contribution in [0.5, 0.6) is 5.75 Å². The van der Waals surface area contributed by atoms with Gasteiger partial charge < -0.3 is 10.1 Å². The lowest BCUT2D eigenvalue weighted by Gasteiger charge is -2.14. The number of carbonyl (C=O) groups is 1. The third-order valence-electron chi connectivity index (χ3n) is 2.53. The summed E-state index contributed by atoms with van der Waals surface area (Å²) in [5.74, 6) is 0.0967. The summed E-state index contributed by atoms with van der Waals surface area (Å²) in [6, 6.07) is 4.43. The summed E-state index contributed by atoms with van der Waals surface area (Å²) in [6.45, 7) is 4.36. The Hall–Kier alpha value is -1.68. The van der Waals surface area contributed by atoms with Gasteiger partial charge in [0.25, 0.3) is 0 Å². The molecule has 1 aromatic carbocycles. The second-order valence-corrected chi connectivity index (χ2v) is 4.36. The molecule has 0 radical (unpaired) electrons. The van der Waals surface area contributed by atoms with E-state index in [-0.39, 0.29) is 17.7 Å². The number of carbonyl (C=O) groups excluding carboxylic acids is 1. The van der Waals surface area contributed by atoms with E-state index in [1.54, 1.807) is 19.1 Å². The number of rotatable bonds is 7. The van der Waals surface area contributed by atoms with Crippen LogP contribution in [0.25, 0.3) is 6.08 Å². The smallest absolute Gasteiger partial charge is 0.155 e. The highest BCUT2D eigenvalue weighted by molar-refractivity contribution is 5.93. The van der Waals surface area contributed by atoms with E-state index in [0.29, 0.717) is 24.3 Å². The minimum Gasteiger partial charge on any atom is -0.489 e. The Balaban J connectivity index is 2.82. The lowest BCUT2D eigenvalue weighted by atomic mass is 10.1. The Bertz CT molecular complexity index is 457. The predicted octanol–water partition coefficient (Wildman–Crippen LogP) is 2.80. The highest BCUT2D eigenvalue weighted by atomic mass is 19.1. The first-order valence-electron chi connectivity index (χ1n) is 6.38. The van der Waals surface area contributed by atoms with Gasteiger partial charge in [-0.15, -0.1) is 0 Å². The molecule has 104 valence electrons. The van der Waals surface area contributed by atoms with Crippen LogP contribution >= 0.6 is 0 Å². The third kappa shape index (κ3) is 5.66. The highest BCUT2D eigenvalue weighted by Gasteiger charge is 2.05. The Morgan fingerprint density at radius 1 is 1.47 bits per heavy atom. The van der Waals surface area contributed by atoms with E-state index in [2.05, 4.69) is 5.32 Å². The van der Waals surface area contributed by atoms with Gasteiger partial charge in [-0.1, -0.05) is 13.0 Å². The number of ether oxygens (including phenoxy) is 1. The molecule has 1 rings (SSSR count). The van der Waals surface area contributed by atoms with Crippen LogP contribution in [-0.4, -0.2) is 25.5 Å². The highest BCUT2D eigenvalue weighted by Crippen LogP contribution is 2.18. The second kappa shape index (κ2) is 7.69. The van der Waals surface area contributed by atoms with Crippen molar-refractivity contribution in [3.63, 3.8) is 0 Å². The molecule has 0 heterocycles. The van der Waals surface area contributed by atoms with Gasteiger partial charge in [-0.25, -0.2) is 4.39 Å². The number of likely N-dealkylation sites (N-methyl/N-ethyl adjacent to an activating group) is 1. The molecule has 4 heteroatoms. The van der Waals surface area contributed by atoms with Crippen LogP contribution in [0, 0.1) is 5.82 Å². The fourth-order valence-corrected chi connectivity index (χ4v) is 1.62. The molecule has 0 saturated carbocycles. The average molecular weight is 265 g/mol. The first kappa shape index (κ1) is 15.4. The van der Waals surface area contributed by atoms with E-state index in [4.69, 9.17) is 4.74 Å². The van der Waals surface area contributed by atoms with E-state index in [9.17, 15) is 9.18 Å². The second-order valence-electron chi connectivity index (χ2n) is 4.36. The molecule has 3 nitrogen and oxygen atoms in total. The van der Waals surface area contributed by atoms with Crippen LogP contribution in [0.1, 0.15) is 25.8 Å². The molecule has 0 fully saturated rings. The molecule has 0 aliphatic heterocycles. The SMILES string of the molecule is CCC(=O)/C=C/c1cc(F)cc(O[C@H](C)CNC)c1. The molecule has 0 unspecified atom stereocenters. The van der Waals surface area contributed by atoms with Crippen molar-refractivity contribution in [3.05, 3.63) is 35.7 Å². The number of allylic oxidation sites excluding steroid dienone is 1. The number of halogens is 1. The largest absolute Gasteiger partial charge is 0.489 e. The van der Waals surface area contributed by atoms with Crippen LogP contribution in [0.15, 0.2) is 24.3 Å². The minimum absolute atomic E-state index is 0.00952. The van der Waals surface area contributed by atoms with Crippen molar-refractivity contribution in [1.82, 2.24) is 5.32 Å². The minimum atomic E-state index is -0.377. The molecule has 0 aromatic heterocycles. The van der Waals surface area contributed by atoms with E-state index in [1.165, 1.54) is 18.2 Å². The molecule has 0 aliphatic carbocycles. The monoisotopic (exact) mass is 265 g/mol. The van der Waals surface area contributed by atoms with E-state index in [1.807, 2.05) is 14.0 Å². The summed E-state index contributed by atoms with van der Waals surface area (Å²) in [5, 5.41) is 2.99. The number of nitrogens with one attached hydrogen (secondary N) is 1. The van der Waals surface area contributed by atoms with Crippen LogP contribution < -0.4 is 10.1 Å². The summed E-state index contributed by atoms with van der Waals surface area (Å²) in [7, 11) is 1.83. The molecule has 0 aliphatic rings. The summed E-state index contributed by atoms with van der Waals surface area (Å²) in [4.78, 5) is 11.2. The van der Waals surface area contributed by atoms with Crippen LogP contribution in [-0.2, 0) is 4.79 Å². The Morgan fingerprint density at radius 2 is 2.21 bits per heavy atom. The maximum absolute atomic E-state index is 13.5. The topological polar surface area (TPSA) is 38.3 Å². The molecule has 19 heavy (non-hydrogen) atoms. The molecule has 1 N–H and O–H groups in total. The summed E-state index contributed by atoms with van der Waals surface area (Å²) >= 11 is 0. The molecule has 0 spiro atoms. The van der Waals surface area contributed by atoms with Gasteiger partial charge in [-0.05, 0) is 37.7 Å². The molecule has 1 aromatic rings. The predicted molar refractivity (Wildman–Crippen MR) is 74.7 cm³/mol. The zero-order chi connectivity index (χ0) is 14.3. The van der Waals surface area contributed by atoms with E-state index >= 15 is 0 Å². The first-order chi connectivity index (χ1) is 9.05. The number of hydrogen-bond acceptors (Lipinski definition) is 3. The van der Waals surface area contributed by atoms with Gasteiger partial charge in [0.1, 0.15) is 17.7 Å². The zero-order valence-corrected chi connectivity index (χ0v) is 11.6. The summed E-state index contributed by atoms with van der Waals surface area (Å²) < 4.78 is 19.0. The van der Waals surface area contributed by atoms with Crippen molar-refractivity contribution in [2.45, 2.75) is 26.4 Å². The molecule has 0 saturated heterocycles. The van der Waals surface area contributed by atoms with E-state index < -0.39 is 0 Å². The van der Waals surface area contributed by atoms with Gasteiger partial charge >= 0.3 is 0 Å². The number of hydrogen-bond donors (Lipinski definition) is 1. The van der Waals surface area contributed by atoms with Crippen LogP contribution in [0.3, 0.4) is 0 Å². The van der Waals surface area contributed by atoms with Gasteiger partial charge in [0.05, 0.1) is 0 Å². The molecular formula is C15H20FNO2. The summed E-state index contributed by atoms with van der Waals surface area (Å²) in [5.41, 5.74) is 0.619. The lowest BCUT2D eigenvalue weighted by molar-refractivity contribution is -0.114. The lowest BCUT2D eigenvalue weighted by Crippen LogP contribution is -2.26. The fourth-order valence-electron chi connectivity index (χ4n) is 1.62. The quantitative estimate of drug-likeness (QED) is 0.770. The fraction of sp³-hybridized carbons (Fsp3) is 0.400. The Kier molecular flexibility index (Phi) is 6.22. The van der Waals surface area contributed by atoms with Crippen molar-refractivity contribution >= 4 is 11.9 Å². The third-order valence-corrected chi connectivity index (χ3v) is 2.53. The van der Waals surface area contributed by atoms with Crippen molar-refractivity contribution in [2.24, 2.45) is 0 Å². The van der Waals surface area contributed by atoms with Crippen LogP contribution in [0.2, 0.25) is 0 Å². The molecule has 0 bridgehead atoms. The maximum Gasteiger partial charge on any atom is 0.155 e. The number of ketones is 1. The average Bonchev–Trinajstić information content (AvgIpc) is 2.35. The number of benzene rings is 1. The van der Waals surface area contributed by atoms with Gasteiger partial charge in [0, 0.05) is 19.0 Å². The van der Waals surface area contributed by atoms with Crippen molar-refractivity contribution in [1.29, 1.82) is 0 Å². The Morgan fingerprint density at radius 3 is 2.84 bits per heavy atom.